The molecule has 8 heteroatoms. The van der Waals surface area contributed by atoms with E-state index >= 15 is 0 Å². The van der Waals surface area contributed by atoms with Gasteiger partial charge in [-0.25, -0.2) is 0 Å². The van der Waals surface area contributed by atoms with Gasteiger partial charge in [0.1, 0.15) is 0 Å². The lowest BCUT2D eigenvalue weighted by atomic mass is 10.2. The molecule has 0 aliphatic heterocycles. The minimum Gasteiger partial charge on any atom is -0.400 e. The SMILES string of the molecule is CO[SiH](OC)C(C)CCNc1ccc(NCCC(C)[SiH](OC)OC)cc1. The van der Waals surface area contributed by atoms with Crippen molar-refractivity contribution in [1.82, 2.24) is 0 Å². The molecule has 2 N–H and O–H groups in total. The molecule has 0 amide bonds. The molecule has 0 aliphatic rings. The monoisotopic (exact) mass is 400 g/mol. The Morgan fingerprint density at radius 2 is 1.00 bits per heavy atom. The van der Waals surface area contributed by atoms with Gasteiger partial charge in [-0.05, 0) is 48.2 Å². The molecule has 1 aromatic carbocycles. The predicted molar refractivity (Wildman–Crippen MR) is 114 cm³/mol. The van der Waals surface area contributed by atoms with Gasteiger partial charge in [0.25, 0.3) is 0 Å². The molecule has 1 aromatic rings. The summed E-state index contributed by atoms with van der Waals surface area (Å²) < 4.78 is 21.7. The van der Waals surface area contributed by atoms with Crippen molar-refractivity contribution in [2.75, 3.05) is 52.2 Å². The zero-order valence-corrected chi connectivity index (χ0v) is 19.4. The smallest absolute Gasteiger partial charge is 0.323 e. The number of hydrogen-bond acceptors (Lipinski definition) is 6. The summed E-state index contributed by atoms with van der Waals surface area (Å²) in [4.78, 5) is 0. The average Bonchev–Trinajstić information content (AvgIpc) is 2.65. The van der Waals surface area contributed by atoms with Gasteiger partial charge in [-0.15, -0.1) is 0 Å². The molecule has 26 heavy (non-hydrogen) atoms. The molecule has 2 unspecified atom stereocenters. The van der Waals surface area contributed by atoms with Crippen LogP contribution in [0.15, 0.2) is 24.3 Å². The summed E-state index contributed by atoms with van der Waals surface area (Å²) in [5, 5.41) is 6.93. The van der Waals surface area contributed by atoms with Crippen LogP contribution in [0.25, 0.3) is 0 Å². The highest BCUT2D eigenvalue weighted by Gasteiger charge is 2.19. The highest BCUT2D eigenvalue weighted by atomic mass is 28.3. The molecule has 0 aliphatic carbocycles. The second-order valence-corrected chi connectivity index (χ2v) is 12.3. The third kappa shape index (κ3) is 8.19. The van der Waals surface area contributed by atoms with Crippen molar-refractivity contribution in [3.05, 3.63) is 24.3 Å². The van der Waals surface area contributed by atoms with E-state index in [2.05, 4.69) is 48.7 Å². The van der Waals surface area contributed by atoms with E-state index in [1.807, 2.05) is 0 Å². The van der Waals surface area contributed by atoms with Crippen LogP contribution in [0, 0.1) is 0 Å². The third-order valence-electron chi connectivity index (χ3n) is 4.60. The van der Waals surface area contributed by atoms with Gasteiger partial charge in [-0.2, -0.15) is 0 Å². The second kappa shape index (κ2) is 13.3. The van der Waals surface area contributed by atoms with Crippen LogP contribution in [0.4, 0.5) is 11.4 Å². The van der Waals surface area contributed by atoms with Crippen molar-refractivity contribution in [2.24, 2.45) is 0 Å². The molecule has 150 valence electrons. The molecule has 0 spiro atoms. The molecule has 2 atom stereocenters. The van der Waals surface area contributed by atoms with Crippen molar-refractivity contribution in [3.63, 3.8) is 0 Å². The summed E-state index contributed by atoms with van der Waals surface area (Å²) in [5.41, 5.74) is 3.23. The fourth-order valence-corrected chi connectivity index (χ4v) is 6.11. The van der Waals surface area contributed by atoms with E-state index in [0.717, 1.165) is 37.3 Å². The van der Waals surface area contributed by atoms with E-state index in [9.17, 15) is 0 Å². The first kappa shape index (κ1) is 23.1. The molecule has 0 saturated heterocycles. The molecular weight excluding hydrogens is 364 g/mol. The Morgan fingerprint density at radius 3 is 1.27 bits per heavy atom. The number of rotatable bonds is 14. The van der Waals surface area contributed by atoms with Crippen LogP contribution in [0.2, 0.25) is 11.1 Å². The first-order valence-electron chi connectivity index (χ1n) is 9.24. The zero-order valence-electron chi connectivity index (χ0n) is 17.1. The minimum atomic E-state index is -1.52. The van der Waals surface area contributed by atoms with Gasteiger partial charge in [0.2, 0.25) is 0 Å². The lowest BCUT2D eigenvalue weighted by molar-refractivity contribution is 0.265. The quantitative estimate of drug-likeness (QED) is 0.468. The Hall–Kier alpha value is -0.906. The van der Waals surface area contributed by atoms with Crippen LogP contribution in [0.1, 0.15) is 26.7 Å². The average molecular weight is 401 g/mol. The maximum Gasteiger partial charge on any atom is 0.323 e. The van der Waals surface area contributed by atoms with Crippen molar-refractivity contribution >= 4 is 29.9 Å². The molecule has 0 fully saturated rings. The minimum absolute atomic E-state index is 0.479. The van der Waals surface area contributed by atoms with E-state index in [0.29, 0.717) is 11.1 Å². The molecule has 0 heterocycles. The maximum atomic E-state index is 5.43. The van der Waals surface area contributed by atoms with Crippen LogP contribution in [0.3, 0.4) is 0 Å². The van der Waals surface area contributed by atoms with Gasteiger partial charge < -0.3 is 28.3 Å². The standard InChI is InChI=1S/C18H36N2O4Si2/c1-15(25(21-3)22-4)11-13-19-17-7-9-18(10-8-17)20-14-12-16(2)26(23-5)24-6/h7-10,15-16,19-20,25-26H,11-14H2,1-6H3. The Balaban J connectivity index is 2.31. The summed E-state index contributed by atoms with van der Waals surface area (Å²) in [5.74, 6) is 0. The molecule has 6 nitrogen and oxygen atoms in total. The van der Waals surface area contributed by atoms with Crippen LogP contribution < -0.4 is 10.6 Å². The lowest BCUT2D eigenvalue weighted by Crippen LogP contribution is -2.26. The van der Waals surface area contributed by atoms with Crippen molar-refractivity contribution < 1.29 is 17.7 Å². The summed E-state index contributed by atoms with van der Waals surface area (Å²) in [6.07, 6.45) is 2.08. The first-order valence-corrected chi connectivity index (χ1v) is 12.5. The lowest BCUT2D eigenvalue weighted by Gasteiger charge is -2.19. The summed E-state index contributed by atoms with van der Waals surface area (Å²) >= 11 is 0. The molecule has 0 saturated carbocycles. The Labute approximate surface area is 162 Å². The molecule has 0 aromatic heterocycles. The van der Waals surface area contributed by atoms with Crippen LogP contribution in [0.5, 0.6) is 0 Å². The Morgan fingerprint density at radius 1 is 0.692 bits per heavy atom. The molecule has 1 rings (SSSR count). The van der Waals surface area contributed by atoms with E-state index in [-0.39, 0.29) is 0 Å². The van der Waals surface area contributed by atoms with Gasteiger partial charge in [0.15, 0.2) is 0 Å². The molecule has 0 radical (unpaired) electrons. The predicted octanol–water partition coefficient (Wildman–Crippen LogP) is 3.10. The highest BCUT2D eigenvalue weighted by Crippen LogP contribution is 2.19. The number of anilines is 2. The van der Waals surface area contributed by atoms with E-state index < -0.39 is 18.6 Å². The Kier molecular flexibility index (Phi) is 11.8. The largest absolute Gasteiger partial charge is 0.400 e. The van der Waals surface area contributed by atoms with Crippen LogP contribution >= 0.6 is 0 Å². The van der Waals surface area contributed by atoms with Gasteiger partial charge in [-0.1, -0.05) is 13.8 Å². The van der Waals surface area contributed by atoms with Gasteiger partial charge >= 0.3 is 18.6 Å². The number of benzene rings is 1. The van der Waals surface area contributed by atoms with E-state index in [4.69, 9.17) is 17.7 Å². The molecule has 0 bridgehead atoms. The van der Waals surface area contributed by atoms with E-state index in [1.165, 1.54) is 0 Å². The van der Waals surface area contributed by atoms with Crippen molar-refractivity contribution in [1.29, 1.82) is 0 Å². The molecular formula is C18H36N2O4Si2. The van der Waals surface area contributed by atoms with Crippen molar-refractivity contribution in [3.8, 4) is 0 Å². The summed E-state index contributed by atoms with van der Waals surface area (Å²) in [6.45, 7) is 6.23. The fourth-order valence-electron chi connectivity index (χ4n) is 2.99. The fraction of sp³-hybridized carbons (Fsp3) is 0.667. The Bertz CT molecular complexity index is 428. The topological polar surface area (TPSA) is 61.0 Å². The second-order valence-electron chi connectivity index (χ2n) is 6.64. The zero-order chi connectivity index (χ0) is 19.4. The van der Waals surface area contributed by atoms with Crippen molar-refractivity contribution in [2.45, 2.75) is 37.8 Å². The van der Waals surface area contributed by atoms with Gasteiger partial charge in [-0.3, -0.25) is 0 Å². The first-order chi connectivity index (χ1) is 12.5. The highest BCUT2D eigenvalue weighted by molar-refractivity contribution is 6.46. The maximum absolute atomic E-state index is 5.43. The number of hydrogen-bond donors (Lipinski definition) is 2. The normalized spacial score (nSPS) is 13.8. The third-order valence-corrected chi connectivity index (χ3v) is 8.98. The van der Waals surface area contributed by atoms with E-state index in [1.54, 1.807) is 28.4 Å². The summed E-state index contributed by atoms with van der Waals surface area (Å²) in [7, 11) is 3.92. The number of nitrogens with one attached hydrogen (secondary N) is 2. The summed E-state index contributed by atoms with van der Waals surface area (Å²) in [6, 6.07) is 8.44. The van der Waals surface area contributed by atoms with Gasteiger partial charge in [0, 0.05) is 52.9 Å². The van der Waals surface area contributed by atoms with Gasteiger partial charge in [0.05, 0.1) is 0 Å². The van der Waals surface area contributed by atoms with Crippen LogP contribution in [-0.2, 0) is 17.7 Å². The van der Waals surface area contributed by atoms with Crippen LogP contribution in [-0.4, -0.2) is 60.1 Å².